The number of para-hydroxylation sites is 2. The van der Waals surface area contributed by atoms with Crippen molar-refractivity contribution in [2.75, 3.05) is 0 Å². The van der Waals surface area contributed by atoms with Crippen molar-refractivity contribution < 1.29 is 0 Å². The van der Waals surface area contributed by atoms with Gasteiger partial charge >= 0.3 is 0 Å². The molecular formula is C24H13N3S. The Morgan fingerprint density at radius 3 is 2.57 bits per heavy atom. The van der Waals surface area contributed by atoms with Gasteiger partial charge in [0.05, 0.1) is 22.1 Å². The Hall–Kier alpha value is -3.50. The standard InChI is InChI=1S/C24H13N3S/c1-4-10-20-14(6-1)15-11-12-19-21(23(15)28-20)22-16(7-5-13-25-22)24-26-17-8-2-3-9-18(17)27(19)24/h1-13H. The number of rotatable bonds is 0. The first-order valence-electron chi connectivity index (χ1n) is 9.28. The zero-order chi connectivity index (χ0) is 18.2. The van der Waals surface area contributed by atoms with Crippen LogP contribution >= 0.6 is 11.3 Å². The van der Waals surface area contributed by atoms with E-state index in [0.29, 0.717) is 0 Å². The maximum absolute atomic E-state index is 4.94. The second-order valence-corrected chi connectivity index (χ2v) is 8.15. The van der Waals surface area contributed by atoms with Crippen molar-refractivity contribution in [1.29, 1.82) is 0 Å². The number of aromatic nitrogens is 3. The number of nitrogens with zero attached hydrogens (tertiary/aromatic N) is 3. The van der Waals surface area contributed by atoms with Crippen LogP contribution in [-0.4, -0.2) is 14.4 Å². The molecule has 0 aliphatic carbocycles. The fourth-order valence-corrected chi connectivity index (χ4v) is 5.67. The maximum Gasteiger partial charge on any atom is 0.147 e. The zero-order valence-corrected chi connectivity index (χ0v) is 15.6. The van der Waals surface area contributed by atoms with E-state index in [9.17, 15) is 0 Å². The number of pyridine rings is 2. The van der Waals surface area contributed by atoms with Crippen LogP contribution in [0.25, 0.3) is 58.7 Å². The topological polar surface area (TPSA) is 30.2 Å². The predicted octanol–water partition coefficient (Wildman–Crippen LogP) is 6.56. The van der Waals surface area contributed by atoms with Crippen molar-refractivity contribution in [1.82, 2.24) is 14.4 Å². The second-order valence-electron chi connectivity index (χ2n) is 7.09. The van der Waals surface area contributed by atoms with Gasteiger partial charge in [-0.15, -0.1) is 11.3 Å². The summed E-state index contributed by atoms with van der Waals surface area (Å²) < 4.78 is 4.89. The molecule has 0 spiro atoms. The van der Waals surface area contributed by atoms with Crippen LogP contribution in [0.1, 0.15) is 0 Å². The van der Waals surface area contributed by atoms with Crippen LogP contribution in [0.3, 0.4) is 0 Å². The summed E-state index contributed by atoms with van der Waals surface area (Å²) in [5.41, 5.74) is 5.30. The van der Waals surface area contributed by atoms with Gasteiger partial charge in [0.15, 0.2) is 0 Å². The first kappa shape index (κ1) is 14.5. The Labute approximate surface area is 163 Å². The molecule has 0 aliphatic rings. The smallest absolute Gasteiger partial charge is 0.147 e. The Bertz CT molecular complexity index is 1720. The van der Waals surface area contributed by atoms with Crippen molar-refractivity contribution in [3.63, 3.8) is 0 Å². The summed E-state index contributed by atoms with van der Waals surface area (Å²) in [5, 5.41) is 4.91. The summed E-state index contributed by atoms with van der Waals surface area (Å²) in [5.74, 6) is 0. The lowest BCUT2D eigenvalue weighted by Gasteiger charge is -2.09. The number of benzene rings is 3. The van der Waals surface area contributed by atoms with Gasteiger partial charge in [0.25, 0.3) is 0 Å². The summed E-state index contributed by atoms with van der Waals surface area (Å²) >= 11 is 1.85. The highest BCUT2D eigenvalue weighted by atomic mass is 32.1. The SMILES string of the molecule is c1ccc2c(c1)nc1c3cccnc3c3c4sc5ccccc5c4ccc3n21. The molecular weight excluding hydrogens is 362 g/mol. The molecule has 28 heavy (non-hydrogen) atoms. The Kier molecular flexibility index (Phi) is 2.63. The van der Waals surface area contributed by atoms with Crippen molar-refractivity contribution in [2.24, 2.45) is 0 Å². The van der Waals surface area contributed by atoms with E-state index in [1.54, 1.807) is 0 Å². The number of imidazole rings is 1. The third-order valence-corrected chi connectivity index (χ3v) is 6.82. The third kappa shape index (κ3) is 1.69. The van der Waals surface area contributed by atoms with E-state index in [0.717, 1.165) is 33.1 Å². The highest BCUT2D eigenvalue weighted by Gasteiger charge is 2.17. The molecule has 4 heteroatoms. The van der Waals surface area contributed by atoms with Crippen molar-refractivity contribution in [3.8, 4) is 0 Å². The quantitative estimate of drug-likeness (QED) is 0.281. The van der Waals surface area contributed by atoms with E-state index in [1.165, 1.54) is 25.6 Å². The van der Waals surface area contributed by atoms with Crippen molar-refractivity contribution >= 4 is 70.0 Å². The van der Waals surface area contributed by atoms with Gasteiger partial charge in [-0.25, -0.2) is 4.98 Å². The first-order chi connectivity index (χ1) is 13.9. The minimum Gasteiger partial charge on any atom is -0.292 e. The summed E-state index contributed by atoms with van der Waals surface area (Å²) in [4.78, 5) is 9.75. The number of hydrogen-bond donors (Lipinski definition) is 0. The van der Waals surface area contributed by atoms with Crippen LogP contribution in [0.2, 0.25) is 0 Å². The lowest BCUT2D eigenvalue weighted by Crippen LogP contribution is -1.93. The second kappa shape index (κ2) is 5.06. The van der Waals surface area contributed by atoms with E-state index >= 15 is 0 Å². The Morgan fingerprint density at radius 2 is 1.57 bits per heavy atom. The summed E-state index contributed by atoms with van der Waals surface area (Å²) in [6.45, 7) is 0. The molecule has 7 rings (SSSR count). The van der Waals surface area contributed by atoms with Crippen LogP contribution in [-0.2, 0) is 0 Å². The molecule has 0 unspecified atom stereocenters. The predicted molar refractivity (Wildman–Crippen MR) is 118 cm³/mol. The van der Waals surface area contributed by atoms with E-state index < -0.39 is 0 Å². The van der Waals surface area contributed by atoms with Gasteiger partial charge in [0.2, 0.25) is 0 Å². The van der Waals surface area contributed by atoms with Crippen molar-refractivity contribution in [3.05, 3.63) is 79.0 Å². The Morgan fingerprint density at radius 1 is 0.714 bits per heavy atom. The Balaban J connectivity index is 1.88. The zero-order valence-electron chi connectivity index (χ0n) is 14.8. The maximum atomic E-state index is 4.94. The molecule has 4 aromatic heterocycles. The molecule has 3 nitrogen and oxygen atoms in total. The van der Waals surface area contributed by atoms with Crippen LogP contribution in [0.4, 0.5) is 0 Å². The molecule has 130 valence electrons. The van der Waals surface area contributed by atoms with E-state index in [-0.39, 0.29) is 0 Å². The van der Waals surface area contributed by atoms with Crippen LogP contribution in [0.15, 0.2) is 79.0 Å². The average Bonchev–Trinajstić information content (AvgIpc) is 3.32. The molecule has 0 bridgehead atoms. The van der Waals surface area contributed by atoms with Gasteiger partial charge in [-0.1, -0.05) is 36.4 Å². The third-order valence-electron chi connectivity index (χ3n) is 5.61. The highest BCUT2D eigenvalue weighted by Crippen LogP contribution is 2.41. The van der Waals surface area contributed by atoms with Gasteiger partial charge in [0.1, 0.15) is 5.65 Å². The molecule has 4 heterocycles. The monoisotopic (exact) mass is 375 g/mol. The van der Waals surface area contributed by atoms with E-state index in [4.69, 9.17) is 9.97 Å². The fraction of sp³-hybridized carbons (Fsp3) is 0. The van der Waals surface area contributed by atoms with Crippen LogP contribution in [0, 0.1) is 0 Å². The van der Waals surface area contributed by atoms with Gasteiger partial charge in [-0.2, -0.15) is 0 Å². The molecule has 0 saturated carbocycles. The number of fused-ring (bicyclic) bond motifs is 12. The van der Waals surface area contributed by atoms with E-state index in [2.05, 4.69) is 65.1 Å². The van der Waals surface area contributed by atoms with Gasteiger partial charge < -0.3 is 0 Å². The molecule has 0 fully saturated rings. The molecule has 7 aromatic rings. The van der Waals surface area contributed by atoms with Gasteiger partial charge in [-0.3, -0.25) is 9.38 Å². The fourth-order valence-electron chi connectivity index (χ4n) is 4.43. The minimum atomic E-state index is 0.970. The molecule has 0 atom stereocenters. The van der Waals surface area contributed by atoms with E-state index in [1.807, 2.05) is 29.7 Å². The number of thiophene rings is 1. The lowest BCUT2D eigenvalue weighted by atomic mass is 10.1. The normalized spacial score (nSPS) is 12.3. The minimum absolute atomic E-state index is 0.970. The largest absolute Gasteiger partial charge is 0.292 e. The number of hydrogen-bond acceptors (Lipinski definition) is 3. The molecule has 0 radical (unpaired) electrons. The van der Waals surface area contributed by atoms with Gasteiger partial charge in [-0.05, 0) is 36.4 Å². The molecule has 0 amide bonds. The summed E-state index contributed by atoms with van der Waals surface area (Å²) in [6.07, 6.45) is 1.88. The molecule has 3 aromatic carbocycles. The first-order valence-corrected chi connectivity index (χ1v) is 10.1. The molecule has 0 N–H and O–H groups in total. The summed E-state index contributed by atoms with van der Waals surface area (Å²) in [7, 11) is 0. The average molecular weight is 375 g/mol. The van der Waals surface area contributed by atoms with Crippen molar-refractivity contribution in [2.45, 2.75) is 0 Å². The van der Waals surface area contributed by atoms with Crippen LogP contribution in [0.5, 0.6) is 0 Å². The van der Waals surface area contributed by atoms with Crippen LogP contribution < -0.4 is 0 Å². The lowest BCUT2D eigenvalue weighted by molar-refractivity contribution is 1.31. The van der Waals surface area contributed by atoms with Gasteiger partial charge in [0, 0.05) is 37.1 Å². The molecule has 0 saturated heterocycles. The highest BCUT2D eigenvalue weighted by molar-refractivity contribution is 7.26. The summed E-state index contributed by atoms with van der Waals surface area (Å²) in [6, 6.07) is 25.6. The molecule has 0 aliphatic heterocycles.